The molecule has 4 nitrogen and oxygen atoms in total. The predicted octanol–water partition coefficient (Wildman–Crippen LogP) is 2.82. The van der Waals surface area contributed by atoms with E-state index in [9.17, 15) is 9.18 Å². The Morgan fingerprint density at radius 2 is 2.09 bits per heavy atom. The molecule has 122 valence electrons. The summed E-state index contributed by atoms with van der Waals surface area (Å²) in [5, 5.41) is 5.92. The molecule has 0 radical (unpaired) electrons. The molecule has 1 heterocycles. The van der Waals surface area contributed by atoms with Crippen LogP contribution in [0, 0.1) is 24.6 Å². The van der Waals surface area contributed by atoms with Gasteiger partial charge >= 0.3 is 0 Å². The SMILES string of the molecule is CC.CC#CC1=CNCC(Nc2ccc(C)cc2F)=C1C(N)=O. The largest absolute Gasteiger partial charge is 0.384 e. The van der Waals surface area contributed by atoms with E-state index in [1.165, 1.54) is 6.07 Å². The molecular formula is C18H22FN3O. The van der Waals surface area contributed by atoms with E-state index in [2.05, 4.69) is 22.5 Å². The van der Waals surface area contributed by atoms with Crippen molar-refractivity contribution >= 4 is 11.6 Å². The number of halogens is 1. The first-order valence-corrected chi connectivity index (χ1v) is 7.45. The van der Waals surface area contributed by atoms with Gasteiger partial charge in [0, 0.05) is 11.9 Å². The lowest BCUT2D eigenvalue weighted by molar-refractivity contribution is -0.114. The molecule has 0 spiro atoms. The van der Waals surface area contributed by atoms with Crippen LogP contribution >= 0.6 is 0 Å². The lowest BCUT2D eigenvalue weighted by Gasteiger charge is -2.20. The highest BCUT2D eigenvalue weighted by Crippen LogP contribution is 2.22. The molecule has 1 aliphatic rings. The van der Waals surface area contributed by atoms with E-state index in [0.717, 1.165) is 5.56 Å². The van der Waals surface area contributed by atoms with Gasteiger partial charge in [-0.25, -0.2) is 4.39 Å². The number of carbonyl (C=O) groups is 1. The monoisotopic (exact) mass is 315 g/mol. The summed E-state index contributed by atoms with van der Waals surface area (Å²) in [6.07, 6.45) is 1.63. The molecule has 0 aliphatic carbocycles. The summed E-state index contributed by atoms with van der Waals surface area (Å²) in [5.74, 6) is 4.55. The third-order valence-corrected chi connectivity index (χ3v) is 3.01. The fourth-order valence-corrected chi connectivity index (χ4v) is 2.08. The quantitative estimate of drug-likeness (QED) is 0.751. The molecule has 1 aromatic carbocycles. The first kappa shape index (κ1) is 18.3. The number of primary amides is 1. The maximum atomic E-state index is 13.9. The van der Waals surface area contributed by atoms with Crippen LogP contribution in [0.5, 0.6) is 0 Å². The van der Waals surface area contributed by atoms with E-state index in [4.69, 9.17) is 5.73 Å². The van der Waals surface area contributed by atoms with Gasteiger partial charge in [0.1, 0.15) is 5.82 Å². The Kier molecular flexibility index (Phi) is 6.88. The fraction of sp³-hybridized carbons (Fsp3) is 0.278. The number of carbonyl (C=O) groups excluding carboxylic acids is 1. The Labute approximate surface area is 136 Å². The van der Waals surface area contributed by atoms with Gasteiger partial charge < -0.3 is 16.4 Å². The van der Waals surface area contributed by atoms with Crippen LogP contribution in [0.1, 0.15) is 26.3 Å². The number of nitrogens with one attached hydrogen (secondary N) is 2. The number of anilines is 1. The number of rotatable bonds is 3. The number of hydrogen-bond donors (Lipinski definition) is 3. The number of benzene rings is 1. The second-order valence-electron chi connectivity index (χ2n) is 4.64. The van der Waals surface area contributed by atoms with Crippen LogP contribution < -0.4 is 16.4 Å². The molecule has 2 rings (SSSR count). The normalized spacial score (nSPS) is 12.8. The molecule has 5 heteroatoms. The van der Waals surface area contributed by atoms with Crippen LogP contribution in [0.15, 0.2) is 41.2 Å². The molecule has 0 atom stereocenters. The van der Waals surface area contributed by atoms with Crippen molar-refractivity contribution in [2.75, 3.05) is 11.9 Å². The molecule has 4 N–H and O–H groups in total. The second kappa shape index (κ2) is 8.64. The topological polar surface area (TPSA) is 67.2 Å². The first-order valence-electron chi connectivity index (χ1n) is 7.45. The predicted molar refractivity (Wildman–Crippen MR) is 91.9 cm³/mol. The van der Waals surface area contributed by atoms with E-state index < -0.39 is 5.91 Å². The summed E-state index contributed by atoms with van der Waals surface area (Å²) in [4.78, 5) is 11.7. The lowest BCUT2D eigenvalue weighted by atomic mass is 10.0. The molecule has 0 unspecified atom stereocenters. The maximum absolute atomic E-state index is 13.9. The molecule has 0 aromatic heterocycles. The van der Waals surface area contributed by atoms with E-state index in [1.54, 1.807) is 32.2 Å². The van der Waals surface area contributed by atoms with E-state index in [0.29, 0.717) is 23.5 Å². The van der Waals surface area contributed by atoms with Gasteiger partial charge in [0.2, 0.25) is 0 Å². The summed E-state index contributed by atoms with van der Waals surface area (Å²) < 4.78 is 13.9. The molecular weight excluding hydrogens is 293 g/mol. The summed E-state index contributed by atoms with van der Waals surface area (Å²) in [5.41, 5.74) is 7.82. The summed E-state index contributed by atoms with van der Waals surface area (Å²) in [7, 11) is 0. The zero-order valence-corrected chi connectivity index (χ0v) is 13.9. The smallest absolute Gasteiger partial charge is 0.251 e. The van der Waals surface area contributed by atoms with Crippen LogP contribution in [-0.4, -0.2) is 12.5 Å². The summed E-state index contributed by atoms with van der Waals surface area (Å²) in [6.45, 7) is 7.82. The number of hydrogen-bond acceptors (Lipinski definition) is 3. The van der Waals surface area contributed by atoms with E-state index >= 15 is 0 Å². The maximum Gasteiger partial charge on any atom is 0.251 e. The lowest BCUT2D eigenvalue weighted by Crippen LogP contribution is -2.29. The van der Waals surface area contributed by atoms with Gasteiger partial charge in [0.25, 0.3) is 5.91 Å². The zero-order valence-electron chi connectivity index (χ0n) is 13.9. The molecule has 1 aliphatic heterocycles. The molecule has 0 saturated heterocycles. The van der Waals surface area contributed by atoms with Crippen molar-refractivity contribution in [1.82, 2.24) is 5.32 Å². The minimum atomic E-state index is -0.597. The van der Waals surface area contributed by atoms with E-state index in [-0.39, 0.29) is 11.4 Å². The van der Waals surface area contributed by atoms with Gasteiger partial charge in [0.15, 0.2) is 0 Å². The minimum Gasteiger partial charge on any atom is -0.384 e. The van der Waals surface area contributed by atoms with Crippen LogP contribution in [0.3, 0.4) is 0 Å². The van der Waals surface area contributed by atoms with Crippen molar-refractivity contribution in [3.8, 4) is 11.8 Å². The van der Waals surface area contributed by atoms with Gasteiger partial charge in [-0.15, -0.1) is 5.92 Å². The second-order valence-corrected chi connectivity index (χ2v) is 4.64. The highest BCUT2D eigenvalue weighted by Gasteiger charge is 2.20. The van der Waals surface area contributed by atoms with Crippen LogP contribution in [-0.2, 0) is 4.79 Å². The molecule has 0 fully saturated rings. The van der Waals surface area contributed by atoms with Crippen molar-refractivity contribution in [3.05, 3.63) is 52.6 Å². The summed E-state index contributed by atoms with van der Waals surface area (Å²) >= 11 is 0. The third kappa shape index (κ3) is 4.62. The van der Waals surface area contributed by atoms with Crippen LogP contribution in [0.4, 0.5) is 10.1 Å². The average molecular weight is 315 g/mol. The van der Waals surface area contributed by atoms with Gasteiger partial charge in [0.05, 0.1) is 23.4 Å². The Morgan fingerprint density at radius 1 is 1.39 bits per heavy atom. The van der Waals surface area contributed by atoms with E-state index in [1.807, 2.05) is 13.8 Å². The standard InChI is InChI=1S/C16H16FN3O.C2H6/c1-3-4-11-8-19-9-14(15(11)16(18)21)20-13-6-5-10(2)7-12(13)17;1-2/h5-8,19-20H,9H2,1-2H3,(H2,18,21);1-2H3. The molecule has 0 bridgehead atoms. The number of dihydropyridines is 1. The van der Waals surface area contributed by atoms with Gasteiger partial charge in [-0.2, -0.15) is 0 Å². The van der Waals surface area contributed by atoms with Crippen molar-refractivity contribution in [2.45, 2.75) is 27.7 Å². The molecule has 1 amide bonds. The van der Waals surface area contributed by atoms with Crippen molar-refractivity contribution in [2.24, 2.45) is 5.73 Å². The Hall–Kier alpha value is -2.74. The Morgan fingerprint density at radius 3 is 2.65 bits per heavy atom. The average Bonchev–Trinajstić information content (AvgIpc) is 2.52. The van der Waals surface area contributed by atoms with Gasteiger partial charge in [-0.1, -0.05) is 25.8 Å². The highest BCUT2D eigenvalue weighted by atomic mass is 19.1. The van der Waals surface area contributed by atoms with Crippen molar-refractivity contribution in [1.29, 1.82) is 0 Å². The molecule has 0 saturated carbocycles. The third-order valence-electron chi connectivity index (χ3n) is 3.01. The summed E-state index contributed by atoms with van der Waals surface area (Å²) in [6, 6.07) is 4.83. The van der Waals surface area contributed by atoms with Crippen molar-refractivity contribution in [3.63, 3.8) is 0 Å². The highest BCUT2D eigenvalue weighted by molar-refractivity contribution is 5.99. The van der Waals surface area contributed by atoms with Gasteiger partial charge in [-0.3, -0.25) is 4.79 Å². The van der Waals surface area contributed by atoms with Crippen molar-refractivity contribution < 1.29 is 9.18 Å². The zero-order chi connectivity index (χ0) is 17.4. The Bertz CT molecular complexity index is 709. The number of amides is 1. The number of aryl methyl sites for hydroxylation is 1. The molecule has 23 heavy (non-hydrogen) atoms. The fourth-order valence-electron chi connectivity index (χ4n) is 2.08. The molecule has 1 aromatic rings. The first-order chi connectivity index (χ1) is 11.0. The minimum absolute atomic E-state index is 0.281. The Balaban J connectivity index is 0.00000127. The van der Waals surface area contributed by atoms with Crippen LogP contribution in [0.25, 0.3) is 0 Å². The van der Waals surface area contributed by atoms with Gasteiger partial charge in [-0.05, 0) is 31.5 Å². The number of nitrogens with two attached hydrogens (primary N) is 1. The van der Waals surface area contributed by atoms with Crippen LogP contribution in [0.2, 0.25) is 0 Å².